The van der Waals surface area contributed by atoms with Crippen molar-refractivity contribution >= 4 is 22.2 Å². The highest BCUT2D eigenvalue weighted by molar-refractivity contribution is 7.86. The predicted octanol–water partition coefficient (Wildman–Crippen LogP) is 3.72. The van der Waals surface area contributed by atoms with E-state index in [4.69, 9.17) is 13.7 Å². The zero-order chi connectivity index (χ0) is 23.2. The van der Waals surface area contributed by atoms with Gasteiger partial charge in [0.2, 0.25) is 0 Å². The van der Waals surface area contributed by atoms with Gasteiger partial charge in [0.15, 0.2) is 0 Å². The Morgan fingerprint density at radius 2 is 1.50 bits per heavy atom. The number of hydrogen-bond acceptors (Lipinski definition) is 7. The van der Waals surface area contributed by atoms with Crippen LogP contribution in [-0.4, -0.2) is 44.3 Å². The molecule has 0 aliphatic heterocycles. The Bertz CT molecular complexity index is 818. The van der Waals surface area contributed by atoms with Gasteiger partial charge in [0, 0.05) is 6.42 Å². The molecule has 0 fully saturated rings. The fourth-order valence-electron chi connectivity index (χ4n) is 2.30. The van der Waals surface area contributed by atoms with E-state index in [1.54, 1.807) is 53.7 Å². The van der Waals surface area contributed by atoms with Crippen molar-refractivity contribution in [3.8, 4) is 0 Å². The number of alkyl carbamates (subject to hydrolysis) is 1. The maximum absolute atomic E-state index is 12.4. The maximum atomic E-state index is 12.4. The van der Waals surface area contributed by atoms with Crippen LogP contribution in [0.5, 0.6) is 0 Å². The molecule has 30 heavy (non-hydrogen) atoms. The number of aryl methyl sites for hydroxylation is 1. The molecular formula is C21H33NO7S. The molecule has 0 spiro atoms. The Morgan fingerprint density at radius 1 is 0.967 bits per heavy atom. The van der Waals surface area contributed by atoms with Gasteiger partial charge in [0.05, 0.1) is 17.5 Å². The van der Waals surface area contributed by atoms with Crippen LogP contribution in [0.1, 0.15) is 59.9 Å². The van der Waals surface area contributed by atoms with Crippen LogP contribution in [0.3, 0.4) is 0 Å². The van der Waals surface area contributed by atoms with Gasteiger partial charge in [-0.25, -0.2) is 4.79 Å². The van der Waals surface area contributed by atoms with Crippen molar-refractivity contribution in [3.63, 3.8) is 0 Å². The summed E-state index contributed by atoms with van der Waals surface area (Å²) in [4.78, 5) is 24.1. The fraction of sp³-hybridized carbons (Fsp3) is 0.619. The first-order chi connectivity index (χ1) is 13.6. The summed E-state index contributed by atoms with van der Waals surface area (Å²) in [7, 11) is -4.02. The first-order valence-electron chi connectivity index (χ1n) is 9.75. The number of carbonyl (C=O) groups excluding carboxylic acids is 2. The normalized spacial score (nSPS) is 13.4. The van der Waals surface area contributed by atoms with Gasteiger partial charge >= 0.3 is 12.1 Å². The number of nitrogens with one attached hydrogen (secondary N) is 1. The molecule has 1 N–H and O–H groups in total. The summed E-state index contributed by atoms with van der Waals surface area (Å²) in [5, 5.41) is 2.57. The third-order valence-electron chi connectivity index (χ3n) is 3.57. The van der Waals surface area contributed by atoms with Gasteiger partial charge in [-0.3, -0.25) is 8.98 Å². The van der Waals surface area contributed by atoms with E-state index in [-0.39, 0.29) is 24.3 Å². The minimum Gasteiger partial charge on any atom is -0.460 e. The summed E-state index contributed by atoms with van der Waals surface area (Å²) in [6, 6.07) is 5.45. The van der Waals surface area contributed by atoms with E-state index in [0.29, 0.717) is 0 Å². The lowest BCUT2D eigenvalue weighted by Crippen LogP contribution is -2.42. The largest absolute Gasteiger partial charge is 0.460 e. The van der Waals surface area contributed by atoms with Crippen molar-refractivity contribution in [1.29, 1.82) is 0 Å². The molecule has 170 valence electrons. The average Bonchev–Trinajstić information content (AvgIpc) is 2.54. The minimum absolute atomic E-state index is 0.0104. The van der Waals surface area contributed by atoms with E-state index in [1.807, 2.05) is 6.92 Å². The van der Waals surface area contributed by atoms with Crippen LogP contribution in [0.15, 0.2) is 29.2 Å². The third-order valence-corrected chi connectivity index (χ3v) is 4.87. The zero-order valence-corrected chi connectivity index (χ0v) is 19.6. The quantitative estimate of drug-likeness (QED) is 0.482. The zero-order valence-electron chi connectivity index (χ0n) is 18.8. The van der Waals surface area contributed by atoms with E-state index < -0.39 is 39.4 Å². The second-order valence-corrected chi connectivity index (χ2v) is 10.6. The molecule has 9 heteroatoms. The molecule has 0 heterocycles. The second-order valence-electron chi connectivity index (χ2n) is 9.02. The summed E-state index contributed by atoms with van der Waals surface area (Å²) < 4.78 is 40.5. The van der Waals surface area contributed by atoms with E-state index in [0.717, 1.165) is 5.56 Å². The number of benzene rings is 1. The molecule has 0 radical (unpaired) electrons. The molecule has 0 saturated carbocycles. The van der Waals surface area contributed by atoms with E-state index in [9.17, 15) is 18.0 Å². The SMILES string of the molecule is Cc1ccc(S(=O)(=O)OC[C@H](CCC(=O)OC(C)(C)C)NC(=O)OC(C)(C)C)cc1. The van der Waals surface area contributed by atoms with Crippen molar-refractivity contribution in [3.05, 3.63) is 29.8 Å². The van der Waals surface area contributed by atoms with Crippen molar-refractivity contribution in [2.75, 3.05) is 6.61 Å². The van der Waals surface area contributed by atoms with Gasteiger partial charge in [0.25, 0.3) is 10.1 Å². The number of carbonyl (C=O) groups is 2. The van der Waals surface area contributed by atoms with Crippen molar-refractivity contribution in [2.45, 2.75) is 83.4 Å². The number of hydrogen-bond donors (Lipinski definition) is 1. The summed E-state index contributed by atoms with van der Waals surface area (Å²) in [5.41, 5.74) is -0.457. The number of rotatable bonds is 8. The molecule has 0 bridgehead atoms. The number of amides is 1. The van der Waals surface area contributed by atoms with Crippen LogP contribution in [0, 0.1) is 6.92 Å². The molecule has 0 saturated heterocycles. The lowest BCUT2D eigenvalue weighted by Gasteiger charge is -2.24. The predicted molar refractivity (Wildman–Crippen MR) is 113 cm³/mol. The monoisotopic (exact) mass is 443 g/mol. The van der Waals surface area contributed by atoms with Crippen LogP contribution in [0.4, 0.5) is 4.79 Å². The van der Waals surface area contributed by atoms with Gasteiger partial charge in [-0.15, -0.1) is 0 Å². The highest BCUT2D eigenvalue weighted by Crippen LogP contribution is 2.16. The van der Waals surface area contributed by atoms with Crippen LogP contribution >= 0.6 is 0 Å². The lowest BCUT2D eigenvalue weighted by atomic mass is 10.1. The summed E-state index contributed by atoms with van der Waals surface area (Å²) in [6.07, 6.45) is -0.628. The highest BCUT2D eigenvalue weighted by atomic mass is 32.2. The van der Waals surface area contributed by atoms with Crippen molar-refractivity contribution < 1.29 is 31.7 Å². The van der Waals surface area contributed by atoms with Crippen LogP contribution in [-0.2, 0) is 28.6 Å². The van der Waals surface area contributed by atoms with Crippen molar-refractivity contribution in [2.24, 2.45) is 0 Å². The van der Waals surface area contributed by atoms with Crippen LogP contribution in [0.2, 0.25) is 0 Å². The van der Waals surface area contributed by atoms with Gasteiger partial charge in [-0.1, -0.05) is 17.7 Å². The second kappa shape index (κ2) is 10.3. The lowest BCUT2D eigenvalue weighted by molar-refractivity contribution is -0.155. The average molecular weight is 444 g/mol. The Kier molecular flexibility index (Phi) is 8.86. The molecule has 0 unspecified atom stereocenters. The van der Waals surface area contributed by atoms with Gasteiger partial charge < -0.3 is 14.8 Å². The van der Waals surface area contributed by atoms with Gasteiger partial charge in [-0.2, -0.15) is 8.42 Å². The first kappa shape index (κ1) is 25.9. The topological polar surface area (TPSA) is 108 Å². The molecule has 0 aliphatic rings. The van der Waals surface area contributed by atoms with E-state index in [2.05, 4.69) is 5.32 Å². The Hall–Kier alpha value is -2.13. The maximum Gasteiger partial charge on any atom is 0.407 e. The molecular weight excluding hydrogens is 410 g/mol. The van der Waals surface area contributed by atoms with Gasteiger partial charge in [0.1, 0.15) is 11.2 Å². The molecule has 8 nitrogen and oxygen atoms in total. The molecule has 1 aromatic rings. The molecule has 0 aliphatic carbocycles. The van der Waals surface area contributed by atoms with Gasteiger partial charge in [-0.05, 0) is 67.0 Å². The standard InChI is InChI=1S/C21H33NO7S/c1-15-8-11-17(12-9-15)30(25,26)27-14-16(22-19(24)29-21(5,6)7)10-13-18(23)28-20(2,3)4/h8-9,11-12,16H,10,13-14H2,1-7H3,(H,22,24)/t16-/m0/s1. The number of ether oxygens (including phenoxy) is 2. The van der Waals surface area contributed by atoms with Crippen molar-refractivity contribution in [1.82, 2.24) is 5.32 Å². The Balaban J connectivity index is 2.82. The molecule has 1 rings (SSSR count). The molecule has 0 aromatic heterocycles. The molecule has 1 atom stereocenters. The summed E-state index contributed by atoms with van der Waals surface area (Å²) >= 11 is 0. The summed E-state index contributed by atoms with van der Waals surface area (Å²) in [5.74, 6) is -0.458. The molecule has 1 aromatic carbocycles. The van der Waals surface area contributed by atoms with E-state index >= 15 is 0 Å². The van der Waals surface area contributed by atoms with Crippen LogP contribution < -0.4 is 5.32 Å². The molecule has 1 amide bonds. The Morgan fingerprint density at radius 3 is 2.00 bits per heavy atom. The first-order valence-corrected chi connectivity index (χ1v) is 11.2. The fourth-order valence-corrected chi connectivity index (χ4v) is 3.25. The third kappa shape index (κ3) is 10.6. The smallest absolute Gasteiger partial charge is 0.407 e. The summed E-state index contributed by atoms with van der Waals surface area (Å²) in [6.45, 7) is 11.9. The van der Waals surface area contributed by atoms with Crippen LogP contribution in [0.25, 0.3) is 0 Å². The minimum atomic E-state index is -4.02. The highest BCUT2D eigenvalue weighted by Gasteiger charge is 2.24. The van der Waals surface area contributed by atoms with E-state index in [1.165, 1.54) is 12.1 Å². The number of esters is 1. The Labute approximate surface area is 179 Å².